The molecule has 2 rings (SSSR count). The van der Waals surface area contributed by atoms with Crippen LogP contribution in [0.5, 0.6) is 0 Å². The van der Waals surface area contributed by atoms with Gasteiger partial charge in [0.1, 0.15) is 0 Å². The third-order valence-corrected chi connectivity index (χ3v) is 8.40. The van der Waals surface area contributed by atoms with Crippen molar-refractivity contribution in [2.24, 2.45) is 0 Å². The van der Waals surface area contributed by atoms with Crippen molar-refractivity contribution in [1.82, 2.24) is 0 Å². The molecule has 0 aliphatic carbocycles. The Labute approximate surface area is 213 Å². The van der Waals surface area contributed by atoms with Gasteiger partial charge in [-0.15, -0.1) is 0 Å². The molecule has 0 heterocycles. The summed E-state index contributed by atoms with van der Waals surface area (Å²) in [6.07, 6.45) is 18.5. The number of unbranched alkanes of at least 4 members (excludes halogenated alkanes) is 10. The van der Waals surface area contributed by atoms with Crippen LogP contribution in [0.4, 0.5) is 0 Å². The highest BCUT2D eigenvalue weighted by Gasteiger charge is 2.17. The molecule has 0 radical (unpaired) electrons. The normalized spacial score (nSPS) is 13.2. The predicted molar refractivity (Wildman–Crippen MR) is 151 cm³/mol. The van der Waals surface area contributed by atoms with E-state index in [2.05, 4.69) is 74.5 Å². The molecule has 0 N–H and O–H groups in total. The lowest BCUT2D eigenvalue weighted by Crippen LogP contribution is -1.98. The summed E-state index contributed by atoms with van der Waals surface area (Å²) in [5.74, 6) is 0. The zero-order chi connectivity index (χ0) is 23.4. The molecule has 2 aromatic rings. The first-order valence-electron chi connectivity index (χ1n) is 13.4. The molecule has 33 heavy (non-hydrogen) atoms. The Hall–Kier alpha value is -0.900. The van der Waals surface area contributed by atoms with Gasteiger partial charge in [0.05, 0.1) is 10.5 Å². The quantitative estimate of drug-likeness (QED) is 0.136. The van der Waals surface area contributed by atoms with Crippen LogP contribution < -0.4 is 0 Å². The largest absolute Gasteiger partial charge is 0.246 e. The van der Waals surface area contributed by atoms with Gasteiger partial charge in [0, 0.05) is 24.1 Å². The fraction of sp³-hybridized carbons (Fsp3) is 0.600. The van der Waals surface area contributed by atoms with Crippen molar-refractivity contribution in [3.8, 4) is 0 Å². The summed E-state index contributed by atoms with van der Waals surface area (Å²) < 4.78 is 6.29. The van der Waals surface area contributed by atoms with Crippen LogP contribution in [-0.2, 0) is 3.63 Å². The lowest BCUT2D eigenvalue weighted by Gasteiger charge is -2.19. The van der Waals surface area contributed by atoms with Gasteiger partial charge in [0.25, 0.3) is 0 Å². The number of rotatable bonds is 20. The second-order valence-corrected chi connectivity index (χ2v) is 11.2. The van der Waals surface area contributed by atoms with Crippen LogP contribution in [0.15, 0.2) is 60.7 Å². The summed E-state index contributed by atoms with van der Waals surface area (Å²) in [5, 5.41) is 0.825. The Balaban J connectivity index is 1.84. The first-order valence-corrected chi connectivity index (χ1v) is 15.0. The van der Waals surface area contributed by atoms with Crippen molar-refractivity contribution < 1.29 is 3.63 Å². The first-order chi connectivity index (χ1) is 16.3. The molecule has 184 valence electrons. The van der Waals surface area contributed by atoms with Crippen LogP contribution in [0, 0.1) is 0 Å². The summed E-state index contributed by atoms with van der Waals surface area (Å²) in [6, 6.07) is 21.9. The molecule has 1 nitrogen and oxygen atoms in total. The zero-order valence-electron chi connectivity index (χ0n) is 21.1. The summed E-state index contributed by atoms with van der Waals surface area (Å²) in [6.45, 7) is 4.57. The predicted octanol–water partition coefficient (Wildman–Crippen LogP) is 11.3. The molecule has 0 aliphatic rings. The highest BCUT2D eigenvalue weighted by Crippen LogP contribution is 2.42. The Morgan fingerprint density at radius 2 is 0.879 bits per heavy atom. The van der Waals surface area contributed by atoms with Crippen LogP contribution in [0.2, 0.25) is 0 Å². The van der Waals surface area contributed by atoms with E-state index in [-0.39, 0.29) is 0 Å². The SMILES string of the molecule is CCCCCCCCC(SOSC(CCCCCCCC)c1ccccc1)c1ccccc1. The average molecular weight is 487 g/mol. The second kappa shape index (κ2) is 19.4. The van der Waals surface area contributed by atoms with Gasteiger partial charge in [0.2, 0.25) is 0 Å². The fourth-order valence-corrected chi connectivity index (χ4v) is 6.22. The zero-order valence-corrected chi connectivity index (χ0v) is 22.7. The minimum absolute atomic E-state index is 0.412. The maximum absolute atomic E-state index is 6.29. The third kappa shape index (κ3) is 12.9. The van der Waals surface area contributed by atoms with E-state index in [4.69, 9.17) is 3.63 Å². The van der Waals surface area contributed by atoms with Gasteiger partial charge in [-0.25, -0.2) is 3.63 Å². The molecule has 2 aromatic carbocycles. The molecule has 0 saturated carbocycles. The molecule has 0 amide bonds. The molecule has 2 atom stereocenters. The second-order valence-electron chi connectivity index (χ2n) is 9.17. The van der Waals surface area contributed by atoms with E-state index in [0.717, 1.165) is 0 Å². The van der Waals surface area contributed by atoms with E-state index in [0.29, 0.717) is 10.5 Å². The molecule has 0 bridgehead atoms. The van der Waals surface area contributed by atoms with Gasteiger partial charge in [0.15, 0.2) is 0 Å². The lowest BCUT2D eigenvalue weighted by atomic mass is 10.0. The molecule has 2 unspecified atom stereocenters. The van der Waals surface area contributed by atoms with Crippen molar-refractivity contribution in [3.05, 3.63) is 71.8 Å². The standard InChI is InChI=1S/C30H46OS2/c1-3-5-7-9-11-19-25-29(27-21-15-13-16-22-27)32-31-33-30(28-23-17-14-18-24-28)26-20-12-10-8-6-4-2/h13-18,21-24,29-30H,3-12,19-20,25-26H2,1-2H3. The van der Waals surface area contributed by atoms with E-state index in [1.54, 1.807) is 24.1 Å². The highest BCUT2D eigenvalue weighted by molar-refractivity contribution is 8.08. The van der Waals surface area contributed by atoms with Crippen molar-refractivity contribution in [1.29, 1.82) is 0 Å². The van der Waals surface area contributed by atoms with Gasteiger partial charge in [-0.05, 0) is 24.0 Å². The molecule has 0 fully saturated rings. The maximum atomic E-state index is 6.29. The minimum atomic E-state index is 0.412. The monoisotopic (exact) mass is 486 g/mol. The molecule has 0 aromatic heterocycles. The van der Waals surface area contributed by atoms with Crippen molar-refractivity contribution >= 4 is 24.1 Å². The van der Waals surface area contributed by atoms with Crippen LogP contribution in [-0.4, -0.2) is 0 Å². The first kappa shape index (κ1) is 28.3. The Bertz CT molecular complexity index is 617. The van der Waals surface area contributed by atoms with Crippen LogP contribution in [0.3, 0.4) is 0 Å². The Morgan fingerprint density at radius 1 is 0.515 bits per heavy atom. The summed E-state index contributed by atoms with van der Waals surface area (Å²) in [7, 11) is 0. The number of hydrogen-bond acceptors (Lipinski definition) is 3. The Morgan fingerprint density at radius 3 is 1.27 bits per heavy atom. The topological polar surface area (TPSA) is 9.23 Å². The maximum Gasteiger partial charge on any atom is 0.0573 e. The molecular formula is C30H46OS2. The summed E-state index contributed by atoms with van der Waals surface area (Å²) in [4.78, 5) is 0. The van der Waals surface area contributed by atoms with E-state index in [9.17, 15) is 0 Å². The van der Waals surface area contributed by atoms with E-state index >= 15 is 0 Å². The van der Waals surface area contributed by atoms with Crippen molar-refractivity contribution in [2.75, 3.05) is 0 Å². The average Bonchev–Trinajstić information content (AvgIpc) is 2.87. The smallest absolute Gasteiger partial charge is 0.0573 e. The van der Waals surface area contributed by atoms with E-state index < -0.39 is 0 Å². The molecule has 0 spiro atoms. The fourth-order valence-electron chi connectivity index (χ4n) is 4.21. The van der Waals surface area contributed by atoms with Gasteiger partial charge < -0.3 is 0 Å². The van der Waals surface area contributed by atoms with Gasteiger partial charge in [-0.2, -0.15) is 0 Å². The highest BCUT2D eigenvalue weighted by atomic mass is 32.2. The minimum Gasteiger partial charge on any atom is -0.246 e. The van der Waals surface area contributed by atoms with Crippen molar-refractivity contribution in [3.63, 3.8) is 0 Å². The summed E-state index contributed by atoms with van der Waals surface area (Å²) >= 11 is 3.36. The summed E-state index contributed by atoms with van der Waals surface area (Å²) in [5.41, 5.74) is 2.78. The number of hydrogen-bond donors (Lipinski definition) is 0. The van der Waals surface area contributed by atoms with E-state index in [1.165, 1.54) is 101 Å². The van der Waals surface area contributed by atoms with Gasteiger partial charge in [-0.1, -0.05) is 152 Å². The molecule has 3 heteroatoms. The third-order valence-electron chi connectivity index (χ3n) is 6.29. The van der Waals surface area contributed by atoms with Gasteiger partial charge in [-0.3, -0.25) is 0 Å². The van der Waals surface area contributed by atoms with Crippen LogP contribution in [0.1, 0.15) is 125 Å². The van der Waals surface area contributed by atoms with Crippen LogP contribution in [0.25, 0.3) is 0 Å². The van der Waals surface area contributed by atoms with Crippen molar-refractivity contribution in [2.45, 2.75) is 114 Å². The molecule has 0 saturated heterocycles. The molecule has 0 aliphatic heterocycles. The van der Waals surface area contributed by atoms with Crippen LogP contribution >= 0.6 is 24.1 Å². The Kier molecular flexibility index (Phi) is 16.7. The van der Waals surface area contributed by atoms with E-state index in [1.807, 2.05) is 0 Å². The lowest BCUT2D eigenvalue weighted by molar-refractivity contribution is 0.576. The van der Waals surface area contributed by atoms with Gasteiger partial charge >= 0.3 is 0 Å². The number of benzene rings is 2. The molecular weight excluding hydrogens is 440 g/mol.